The number of hydrogen-bond acceptors (Lipinski definition) is 5. The molecule has 0 aromatic heterocycles. The van der Waals surface area contributed by atoms with E-state index in [0.717, 1.165) is 28.1 Å². The number of hydrogen-bond donors (Lipinski definition) is 2. The Morgan fingerprint density at radius 1 is 0.929 bits per heavy atom. The number of amides is 2. The van der Waals surface area contributed by atoms with E-state index in [1.807, 2.05) is 78.9 Å². The summed E-state index contributed by atoms with van der Waals surface area (Å²) in [6.45, 7) is 0.477. The lowest BCUT2D eigenvalue weighted by Crippen LogP contribution is -2.55. The number of aliphatic hydroxyl groups is 1. The first kappa shape index (κ1) is 28.8. The fraction of sp³-hybridized carbons (Fsp3) is 0.235. The van der Waals surface area contributed by atoms with Gasteiger partial charge in [0.15, 0.2) is 0 Å². The maximum Gasteiger partial charge on any atom is 0.407 e. The molecule has 1 heterocycles. The number of carbonyl (C=O) groups is 2. The van der Waals surface area contributed by atoms with Crippen molar-refractivity contribution >= 4 is 17.7 Å². The molecular formula is C34H33FN2O5. The van der Waals surface area contributed by atoms with E-state index in [-0.39, 0.29) is 36.8 Å². The average molecular weight is 569 g/mol. The monoisotopic (exact) mass is 568 g/mol. The number of nitrogens with one attached hydrogen (secondary N) is 1. The van der Waals surface area contributed by atoms with Crippen molar-refractivity contribution < 1.29 is 28.6 Å². The summed E-state index contributed by atoms with van der Waals surface area (Å²) in [6, 6.07) is 30.1. The summed E-state index contributed by atoms with van der Waals surface area (Å²) in [5, 5.41) is 13.4. The zero-order valence-corrected chi connectivity index (χ0v) is 23.3. The summed E-state index contributed by atoms with van der Waals surface area (Å²) in [7, 11) is 1.60. The standard InChI is InChI=1S/C34H33FN2O5/c1-41-29-17-11-26(12-18-29)32-30(19-20-31(38)25-9-13-27(35)14-10-25)33(39)37(32)28-15-7-23(8-16-28)21-36-34(40)42-22-24-5-3-2-4-6-24/h2-18,30-32,38H,19-22H2,1H3,(H,36,40)/t30-,31+,32-/m1/s1. The number of aliphatic hydroxyl groups excluding tert-OH is 1. The first-order valence-corrected chi connectivity index (χ1v) is 13.9. The summed E-state index contributed by atoms with van der Waals surface area (Å²) in [4.78, 5) is 27.3. The second-order valence-electron chi connectivity index (χ2n) is 10.3. The Labute approximate surface area is 244 Å². The van der Waals surface area contributed by atoms with Crippen molar-refractivity contribution in [2.75, 3.05) is 12.0 Å². The number of anilines is 1. The molecular weight excluding hydrogens is 535 g/mol. The molecule has 0 unspecified atom stereocenters. The lowest BCUT2D eigenvalue weighted by atomic mass is 9.78. The third-order valence-electron chi connectivity index (χ3n) is 7.54. The predicted octanol–water partition coefficient (Wildman–Crippen LogP) is 6.48. The summed E-state index contributed by atoms with van der Waals surface area (Å²) >= 11 is 0. The van der Waals surface area contributed by atoms with Gasteiger partial charge in [-0.15, -0.1) is 0 Å². The van der Waals surface area contributed by atoms with Crippen molar-refractivity contribution in [3.05, 3.63) is 131 Å². The van der Waals surface area contributed by atoms with Crippen molar-refractivity contribution in [3.63, 3.8) is 0 Å². The molecule has 216 valence electrons. The van der Waals surface area contributed by atoms with Crippen LogP contribution >= 0.6 is 0 Å². The SMILES string of the molecule is COc1ccc([C@@H]2[C@@H](CC[C@H](O)c3ccc(F)cc3)C(=O)N2c2ccc(CNC(=O)OCc3ccccc3)cc2)cc1. The minimum atomic E-state index is -0.796. The van der Waals surface area contributed by atoms with Crippen LogP contribution in [0.1, 0.15) is 47.2 Å². The second-order valence-corrected chi connectivity index (χ2v) is 10.3. The molecule has 8 heteroatoms. The molecule has 1 aliphatic rings. The van der Waals surface area contributed by atoms with Crippen LogP contribution in [0.3, 0.4) is 0 Å². The first-order valence-electron chi connectivity index (χ1n) is 13.9. The molecule has 3 atom stereocenters. The van der Waals surface area contributed by atoms with Crippen LogP contribution in [0, 0.1) is 11.7 Å². The van der Waals surface area contributed by atoms with Crippen molar-refractivity contribution in [2.45, 2.75) is 38.1 Å². The Balaban J connectivity index is 1.23. The van der Waals surface area contributed by atoms with Gasteiger partial charge in [0, 0.05) is 12.2 Å². The predicted molar refractivity (Wildman–Crippen MR) is 157 cm³/mol. The molecule has 7 nitrogen and oxygen atoms in total. The second kappa shape index (κ2) is 13.3. The van der Waals surface area contributed by atoms with Gasteiger partial charge in [-0.05, 0) is 71.5 Å². The highest BCUT2D eigenvalue weighted by molar-refractivity contribution is 6.03. The Bertz CT molecular complexity index is 1480. The van der Waals surface area contributed by atoms with E-state index >= 15 is 0 Å². The number of ether oxygens (including phenoxy) is 2. The van der Waals surface area contributed by atoms with Gasteiger partial charge in [-0.2, -0.15) is 0 Å². The van der Waals surface area contributed by atoms with E-state index in [9.17, 15) is 19.1 Å². The molecule has 4 aromatic rings. The van der Waals surface area contributed by atoms with E-state index in [4.69, 9.17) is 9.47 Å². The summed E-state index contributed by atoms with van der Waals surface area (Å²) in [5.74, 6) is 0.00483. The minimum Gasteiger partial charge on any atom is -0.497 e. The zero-order valence-electron chi connectivity index (χ0n) is 23.3. The number of benzene rings is 4. The Morgan fingerprint density at radius 2 is 1.62 bits per heavy atom. The molecule has 0 saturated carbocycles. The van der Waals surface area contributed by atoms with Gasteiger partial charge in [-0.3, -0.25) is 4.79 Å². The van der Waals surface area contributed by atoms with Crippen LogP contribution in [-0.2, 0) is 22.7 Å². The van der Waals surface area contributed by atoms with Gasteiger partial charge in [0.25, 0.3) is 0 Å². The Morgan fingerprint density at radius 3 is 2.29 bits per heavy atom. The third-order valence-corrected chi connectivity index (χ3v) is 7.54. The fourth-order valence-corrected chi connectivity index (χ4v) is 5.21. The average Bonchev–Trinajstić information content (AvgIpc) is 3.03. The van der Waals surface area contributed by atoms with Gasteiger partial charge >= 0.3 is 6.09 Å². The minimum absolute atomic E-state index is 0.0301. The van der Waals surface area contributed by atoms with Crippen LogP contribution in [0.4, 0.5) is 14.9 Å². The summed E-state index contributed by atoms with van der Waals surface area (Å²) < 4.78 is 23.9. The zero-order chi connectivity index (χ0) is 29.5. The van der Waals surface area contributed by atoms with Gasteiger partial charge in [0.05, 0.1) is 25.2 Å². The van der Waals surface area contributed by atoms with Crippen LogP contribution < -0.4 is 15.0 Å². The molecule has 1 fully saturated rings. The Hall–Kier alpha value is -4.69. The first-order chi connectivity index (χ1) is 20.4. The van der Waals surface area contributed by atoms with Crippen molar-refractivity contribution in [3.8, 4) is 5.75 Å². The molecule has 1 aliphatic heterocycles. The molecule has 0 bridgehead atoms. The number of halogens is 1. The van der Waals surface area contributed by atoms with Crippen LogP contribution in [0.15, 0.2) is 103 Å². The van der Waals surface area contributed by atoms with E-state index < -0.39 is 12.2 Å². The molecule has 4 aromatic carbocycles. The highest BCUT2D eigenvalue weighted by atomic mass is 19.1. The van der Waals surface area contributed by atoms with Gasteiger partial charge < -0.3 is 24.8 Å². The van der Waals surface area contributed by atoms with Crippen molar-refractivity contribution in [1.29, 1.82) is 0 Å². The highest BCUT2D eigenvalue weighted by Crippen LogP contribution is 2.46. The van der Waals surface area contributed by atoms with Crippen molar-refractivity contribution in [1.82, 2.24) is 5.32 Å². The molecule has 2 amide bonds. The largest absolute Gasteiger partial charge is 0.497 e. The number of methoxy groups -OCH3 is 1. The quantitative estimate of drug-likeness (QED) is 0.202. The molecule has 1 saturated heterocycles. The van der Waals surface area contributed by atoms with E-state index in [1.165, 1.54) is 12.1 Å². The summed E-state index contributed by atoms with van der Waals surface area (Å²) in [5.41, 5.74) is 4.10. The van der Waals surface area contributed by atoms with Crippen LogP contribution in [0.5, 0.6) is 5.75 Å². The van der Waals surface area contributed by atoms with Crippen molar-refractivity contribution in [2.24, 2.45) is 5.92 Å². The van der Waals surface area contributed by atoms with Gasteiger partial charge in [0.2, 0.25) is 5.91 Å². The molecule has 0 aliphatic carbocycles. The van der Waals surface area contributed by atoms with Crippen LogP contribution in [0.25, 0.3) is 0 Å². The number of rotatable bonds is 11. The molecule has 0 radical (unpaired) electrons. The van der Waals surface area contributed by atoms with E-state index in [2.05, 4.69) is 5.32 Å². The lowest BCUT2D eigenvalue weighted by molar-refractivity contribution is -0.131. The molecule has 5 rings (SSSR count). The summed E-state index contributed by atoms with van der Waals surface area (Å²) in [6.07, 6.45) is -0.466. The van der Waals surface area contributed by atoms with Gasteiger partial charge in [-0.25, -0.2) is 9.18 Å². The van der Waals surface area contributed by atoms with Crippen LogP contribution in [-0.4, -0.2) is 24.2 Å². The smallest absolute Gasteiger partial charge is 0.407 e. The molecule has 2 N–H and O–H groups in total. The highest BCUT2D eigenvalue weighted by Gasteiger charge is 2.48. The molecule has 0 spiro atoms. The van der Waals surface area contributed by atoms with E-state index in [0.29, 0.717) is 18.4 Å². The number of nitrogens with zero attached hydrogens (tertiary/aromatic N) is 1. The lowest BCUT2D eigenvalue weighted by Gasteiger charge is -2.48. The number of β-lactam (4-membered cyclic amide) rings is 1. The van der Waals surface area contributed by atoms with Gasteiger partial charge in [0.1, 0.15) is 18.2 Å². The van der Waals surface area contributed by atoms with Gasteiger partial charge in [-0.1, -0.05) is 66.7 Å². The maximum atomic E-state index is 13.4. The molecule has 42 heavy (non-hydrogen) atoms. The normalized spacial score (nSPS) is 16.8. The number of alkyl carbamates (subject to hydrolysis) is 1. The maximum absolute atomic E-state index is 13.4. The topological polar surface area (TPSA) is 88.1 Å². The van der Waals surface area contributed by atoms with Crippen LogP contribution in [0.2, 0.25) is 0 Å². The number of carbonyl (C=O) groups excluding carboxylic acids is 2. The van der Waals surface area contributed by atoms with E-state index in [1.54, 1.807) is 24.1 Å². The fourth-order valence-electron chi connectivity index (χ4n) is 5.21. The third kappa shape index (κ3) is 6.78. The Kier molecular flexibility index (Phi) is 9.14.